The molecule has 0 radical (unpaired) electrons. The summed E-state index contributed by atoms with van der Waals surface area (Å²) in [6.45, 7) is 2.00. The van der Waals surface area contributed by atoms with E-state index >= 15 is 0 Å². The van der Waals surface area contributed by atoms with E-state index in [2.05, 4.69) is 0 Å². The van der Waals surface area contributed by atoms with E-state index in [9.17, 15) is 18.3 Å². The summed E-state index contributed by atoms with van der Waals surface area (Å²) in [5.41, 5.74) is 6.00. The maximum absolute atomic E-state index is 11.8. The minimum absolute atomic E-state index is 0.0738. The van der Waals surface area contributed by atoms with Crippen LogP contribution < -0.4 is 0 Å². The maximum atomic E-state index is 11.8. The van der Waals surface area contributed by atoms with Crippen LogP contribution in [0.2, 0.25) is 0 Å². The van der Waals surface area contributed by atoms with Crippen molar-refractivity contribution in [2.45, 2.75) is 19.1 Å². The van der Waals surface area contributed by atoms with Crippen LogP contribution in [0.3, 0.4) is 0 Å². The largest absolute Gasteiger partial charge is 0.478 e. The van der Waals surface area contributed by atoms with E-state index in [1.807, 2.05) is 60.1 Å². The van der Waals surface area contributed by atoms with Gasteiger partial charge in [-0.2, -0.15) is 5.10 Å². The van der Waals surface area contributed by atoms with Crippen LogP contribution in [0.25, 0.3) is 16.8 Å². The standard InChI is InChI=1S/C24H22N2O4S/c1-16-8-9-22-21(23(25-26(22)14-16)19-6-4-3-5-7-19)13-17-10-18(15-31(2,29)30)12-20(11-17)24(27)28/h3-12,14H,13,15H2,1-2H3,(H,27,28). The third-order valence-electron chi connectivity index (χ3n) is 5.04. The third-order valence-corrected chi connectivity index (χ3v) is 5.89. The molecule has 4 aromatic rings. The molecule has 2 aromatic heterocycles. The van der Waals surface area contributed by atoms with Crippen LogP contribution in [0, 0.1) is 6.92 Å². The van der Waals surface area contributed by atoms with Crippen LogP contribution in [0.5, 0.6) is 0 Å². The highest BCUT2D eigenvalue weighted by atomic mass is 32.2. The number of hydrogen-bond acceptors (Lipinski definition) is 4. The molecular weight excluding hydrogens is 412 g/mol. The SMILES string of the molecule is Cc1ccc2c(Cc3cc(CS(C)(=O)=O)cc(C(=O)O)c3)c(-c3ccccc3)nn2c1. The van der Waals surface area contributed by atoms with Crippen molar-refractivity contribution < 1.29 is 18.3 Å². The van der Waals surface area contributed by atoms with Crippen LogP contribution in [-0.2, 0) is 22.0 Å². The highest BCUT2D eigenvalue weighted by Gasteiger charge is 2.17. The lowest BCUT2D eigenvalue weighted by atomic mass is 9.97. The summed E-state index contributed by atoms with van der Waals surface area (Å²) >= 11 is 0. The number of nitrogens with zero attached hydrogens (tertiary/aromatic N) is 2. The fourth-order valence-corrected chi connectivity index (χ4v) is 4.56. The van der Waals surface area contributed by atoms with Gasteiger partial charge in [0.05, 0.1) is 22.5 Å². The Morgan fingerprint density at radius 2 is 1.74 bits per heavy atom. The molecule has 0 saturated carbocycles. The Bertz CT molecular complexity index is 1390. The first-order valence-corrected chi connectivity index (χ1v) is 11.8. The van der Waals surface area contributed by atoms with Crippen molar-refractivity contribution in [3.63, 3.8) is 0 Å². The van der Waals surface area contributed by atoms with Crippen LogP contribution in [-0.4, -0.2) is 35.4 Å². The monoisotopic (exact) mass is 434 g/mol. The van der Waals surface area contributed by atoms with E-state index in [4.69, 9.17) is 5.10 Å². The number of pyridine rings is 1. The van der Waals surface area contributed by atoms with Gasteiger partial charge in [-0.3, -0.25) is 0 Å². The van der Waals surface area contributed by atoms with Crippen molar-refractivity contribution in [2.75, 3.05) is 6.26 Å². The molecule has 2 heterocycles. The predicted octanol–water partition coefficient (Wildman–Crippen LogP) is 4.14. The van der Waals surface area contributed by atoms with Gasteiger partial charge in [0.2, 0.25) is 0 Å². The Hall–Kier alpha value is -3.45. The molecule has 0 aliphatic heterocycles. The number of aryl methyl sites for hydroxylation is 1. The average Bonchev–Trinajstić information content (AvgIpc) is 3.04. The number of aromatic nitrogens is 2. The first-order chi connectivity index (χ1) is 14.7. The molecule has 0 amide bonds. The lowest BCUT2D eigenvalue weighted by molar-refractivity contribution is 0.0696. The van der Waals surface area contributed by atoms with Gasteiger partial charge in [-0.15, -0.1) is 0 Å². The van der Waals surface area contributed by atoms with Crippen molar-refractivity contribution >= 4 is 21.3 Å². The number of rotatable bonds is 6. The zero-order chi connectivity index (χ0) is 22.2. The maximum Gasteiger partial charge on any atom is 0.335 e. The van der Waals surface area contributed by atoms with E-state index in [-0.39, 0.29) is 11.3 Å². The molecule has 0 spiro atoms. The molecule has 7 heteroatoms. The molecule has 158 valence electrons. The second-order valence-corrected chi connectivity index (χ2v) is 9.96. The topological polar surface area (TPSA) is 88.7 Å². The van der Waals surface area contributed by atoms with E-state index < -0.39 is 15.8 Å². The molecule has 2 aromatic carbocycles. The normalized spacial score (nSPS) is 11.7. The molecule has 0 aliphatic carbocycles. The Morgan fingerprint density at radius 1 is 1.03 bits per heavy atom. The molecule has 0 atom stereocenters. The van der Waals surface area contributed by atoms with Crippen LogP contribution in [0.15, 0.2) is 66.9 Å². The number of carbonyl (C=O) groups is 1. The third kappa shape index (κ3) is 4.67. The number of carboxylic acid groups (broad SMARTS) is 1. The molecule has 0 aliphatic rings. The van der Waals surface area contributed by atoms with Gasteiger partial charge in [0, 0.05) is 30.0 Å². The molecule has 0 bridgehead atoms. The number of hydrogen-bond donors (Lipinski definition) is 1. The smallest absolute Gasteiger partial charge is 0.335 e. The van der Waals surface area contributed by atoms with Crippen LogP contribution in [0.4, 0.5) is 0 Å². The fourth-order valence-electron chi connectivity index (χ4n) is 3.78. The van der Waals surface area contributed by atoms with E-state index in [0.29, 0.717) is 12.0 Å². The first-order valence-electron chi connectivity index (χ1n) is 9.77. The number of fused-ring (bicyclic) bond motifs is 1. The molecule has 0 fully saturated rings. The molecule has 1 N–H and O–H groups in total. The van der Waals surface area contributed by atoms with Gasteiger partial charge in [-0.05, 0) is 41.8 Å². The summed E-state index contributed by atoms with van der Waals surface area (Å²) in [7, 11) is -3.30. The highest BCUT2D eigenvalue weighted by Crippen LogP contribution is 2.29. The summed E-state index contributed by atoms with van der Waals surface area (Å²) in [6.07, 6.45) is 3.52. The van der Waals surface area contributed by atoms with E-state index in [1.54, 1.807) is 12.1 Å². The summed E-state index contributed by atoms with van der Waals surface area (Å²) in [5, 5.41) is 14.3. The molecule has 0 unspecified atom stereocenters. The minimum atomic E-state index is -3.30. The summed E-state index contributed by atoms with van der Waals surface area (Å²) < 4.78 is 25.4. The molecule has 6 nitrogen and oxygen atoms in total. The molecule has 4 rings (SSSR count). The number of aromatic carboxylic acids is 1. The van der Waals surface area contributed by atoms with Gasteiger partial charge >= 0.3 is 5.97 Å². The zero-order valence-corrected chi connectivity index (χ0v) is 18.1. The van der Waals surface area contributed by atoms with Gasteiger partial charge in [0.15, 0.2) is 9.84 Å². The van der Waals surface area contributed by atoms with Gasteiger partial charge < -0.3 is 5.11 Å². The van der Waals surface area contributed by atoms with Crippen molar-refractivity contribution in [2.24, 2.45) is 0 Å². The van der Waals surface area contributed by atoms with Crippen molar-refractivity contribution in [1.82, 2.24) is 9.61 Å². The van der Waals surface area contributed by atoms with Crippen molar-refractivity contribution in [3.8, 4) is 11.3 Å². The second-order valence-electron chi connectivity index (χ2n) is 7.82. The average molecular weight is 435 g/mol. The lowest BCUT2D eigenvalue weighted by Crippen LogP contribution is -2.05. The van der Waals surface area contributed by atoms with Crippen molar-refractivity contribution in [1.29, 1.82) is 0 Å². The van der Waals surface area contributed by atoms with Gasteiger partial charge in [-0.25, -0.2) is 17.7 Å². The Kier molecular flexibility index (Phi) is 5.37. The van der Waals surface area contributed by atoms with Crippen LogP contribution >= 0.6 is 0 Å². The number of carboxylic acids is 1. The van der Waals surface area contributed by atoms with Crippen LogP contribution in [0.1, 0.15) is 32.6 Å². The van der Waals surface area contributed by atoms with Gasteiger partial charge in [0.25, 0.3) is 0 Å². The molecule has 0 saturated heterocycles. The predicted molar refractivity (Wildman–Crippen MR) is 120 cm³/mol. The highest BCUT2D eigenvalue weighted by molar-refractivity contribution is 7.89. The number of benzene rings is 2. The summed E-state index contributed by atoms with van der Waals surface area (Å²) in [6, 6.07) is 18.6. The van der Waals surface area contributed by atoms with Gasteiger partial charge in [0.1, 0.15) is 0 Å². The lowest BCUT2D eigenvalue weighted by Gasteiger charge is -2.09. The zero-order valence-electron chi connectivity index (χ0n) is 17.2. The van der Waals surface area contributed by atoms with Gasteiger partial charge in [-0.1, -0.05) is 42.5 Å². The van der Waals surface area contributed by atoms with E-state index in [0.717, 1.165) is 39.7 Å². The molecular formula is C24H22N2O4S. The quantitative estimate of drug-likeness (QED) is 0.493. The Labute approximate surface area is 180 Å². The van der Waals surface area contributed by atoms with E-state index in [1.165, 1.54) is 6.07 Å². The summed E-state index contributed by atoms with van der Waals surface area (Å²) in [5.74, 6) is -1.30. The minimum Gasteiger partial charge on any atom is -0.478 e. The first kappa shape index (κ1) is 20.8. The fraction of sp³-hybridized carbons (Fsp3) is 0.167. The van der Waals surface area contributed by atoms with Crippen molar-refractivity contribution in [3.05, 3.63) is 94.7 Å². The molecule has 31 heavy (non-hydrogen) atoms. The Balaban J connectivity index is 1.87. The summed E-state index contributed by atoms with van der Waals surface area (Å²) in [4.78, 5) is 11.6. The second kappa shape index (κ2) is 8.00. The number of sulfone groups is 1. The Morgan fingerprint density at radius 3 is 2.42 bits per heavy atom.